The number of hydrogen-bond donors (Lipinski definition) is 3. The van der Waals surface area contributed by atoms with Gasteiger partial charge in [0.05, 0.1) is 7.11 Å². The molecule has 0 amide bonds. The van der Waals surface area contributed by atoms with Crippen molar-refractivity contribution in [3.8, 4) is 11.5 Å². The van der Waals surface area contributed by atoms with Crippen LogP contribution in [0, 0.1) is 11.8 Å². The second kappa shape index (κ2) is 14.0. The quantitative estimate of drug-likeness (QED) is 0.340. The van der Waals surface area contributed by atoms with Crippen LogP contribution < -0.4 is 20.1 Å². The van der Waals surface area contributed by atoms with Crippen LogP contribution in [0.5, 0.6) is 11.5 Å². The van der Waals surface area contributed by atoms with E-state index < -0.39 is 6.61 Å². The van der Waals surface area contributed by atoms with Crippen molar-refractivity contribution in [1.29, 1.82) is 0 Å². The Bertz CT molecular complexity index is 613. The minimum atomic E-state index is -2.90. The zero-order chi connectivity index (χ0) is 21.6. The number of aliphatic hydroxyl groups is 1. The monoisotopic (exact) mass is 415 g/mol. The highest BCUT2D eigenvalue weighted by Gasteiger charge is 2.12. The van der Waals surface area contributed by atoms with E-state index in [0.29, 0.717) is 37.3 Å². The molecule has 1 aromatic rings. The van der Waals surface area contributed by atoms with E-state index in [0.717, 1.165) is 24.9 Å². The number of nitrogens with one attached hydrogen (secondary N) is 2. The molecule has 8 heteroatoms. The third-order valence-electron chi connectivity index (χ3n) is 4.34. The number of methoxy groups -OCH3 is 1. The number of nitrogens with zero attached hydrogens (tertiary/aromatic N) is 1. The van der Waals surface area contributed by atoms with Crippen LogP contribution in [0.4, 0.5) is 8.78 Å². The van der Waals surface area contributed by atoms with Crippen LogP contribution in [0.1, 0.15) is 39.2 Å². The van der Waals surface area contributed by atoms with Gasteiger partial charge in [0, 0.05) is 26.2 Å². The Hall–Kier alpha value is -2.09. The van der Waals surface area contributed by atoms with E-state index in [2.05, 4.69) is 34.2 Å². The van der Waals surface area contributed by atoms with Gasteiger partial charge in [-0.15, -0.1) is 0 Å². The van der Waals surface area contributed by atoms with Crippen molar-refractivity contribution in [1.82, 2.24) is 10.6 Å². The number of halogens is 2. The summed E-state index contributed by atoms with van der Waals surface area (Å²) in [5, 5.41) is 15.7. The van der Waals surface area contributed by atoms with Crippen molar-refractivity contribution < 1.29 is 23.4 Å². The number of aliphatic hydroxyl groups excluding tert-OH is 1. The lowest BCUT2D eigenvalue weighted by atomic mass is 9.94. The summed E-state index contributed by atoms with van der Waals surface area (Å²) in [6, 6.07) is 5.01. The van der Waals surface area contributed by atoms with Crippen molar-refractivity contribution in [2.45, 2.75) is 46.6 Å². The van der Waals surface area contributed by atoms with Gasteiger partial charge >= 0.3 is 6.61 Å². The fraction of sp³-hybridized carbons (Fsp3) is 0.667. The summed E-state index contributed by atoms with van der Waals surface area (Å²) in [7, 11) is 1.41. The summed E-state index contributed by atoms with van der Waals surface area (Å²) in [5.41, 5.74) is 0.850. The van der Waals surface area contributed by atoms with E-state index in [9.17, 15) is 13.9 Å². The van der Waals surface area contributed by atoms with Gasteiger partial charge in [0.15, 0.2) is 17.5 Å². The van der Waals surface area contributed by atoms with Crippen molar-refractivity contribution in [3.05, 3.63) is 23.8 Å². The SMILES string of the molecule is CCNC(=NCC(CCO)CC(C)C)NCCc1ccc(OC)c(OC(F)F)c1. The first-order valence-corrected chi connectivity index (χ1v) is 10.1. The zero-order valence-electron chi connectivity index (χ0n) is 17.9. The Morgan fingerprint density at radius 1 is 1.21 bits per heavy atom. The summed E-state index contributed by atoms with van der Waals surface area (Å²) in [6.07, 6.45) is 2.36. The summed E-state index contributed by atoms with van der Waals surface area (Å²) in [4.78, 5) is 4.64. The fourth-order valence-corrected chi connectivity index (χ4v) is 3.08. The van der Waals surface area contributed by atoms with Crippen molar-refractivity contribution >= 4 is 5.96 Å². The van der Waals surface area contributed by atoms with Gasteiger partial charge in [-0.2, -0.15) is 8.78 Å². The average Bonchev–Trinajstić information content (AvgIpc) is 2.65. The van der Waals surface area contributed by atoms with Gasteiger partial charge in [0.2, 0.25) is 0 Å². The Balaban J connectivity index is 2.67. The molecule has 0 spiro atoms. The molecule has 0 fully saturated rings. The predicted molar refractivity (Wildman–Crippen MR) is 112 cm³/mol. The minimum absolute atomic E-state index is 0.0288. The molecular weight excluding hydrogens is 380 g/mol. The molecule has 0 bridgehead atoms. The summed E-state index contributed by atoms with van der Waals surface area (Å²) in [6.45, 7) is 5.55. The first-order valence-electron chi connectivity index (χ1n) is 10.1. The van der Waals surface area contributed by atoms with Crippen LogP contribution in [0.15, 0.2) is 23.2 Å². The maximum absolute atomic E-state index is 12.6. The number of rotatable bonds is 13. The third kappa shape index (κ3) is 10.3. The van der Waals surface area contributed by atoms with E-state index >= 15 is 0 Å². The number of guanidine groups is 1. The van der Waals surface area contributed by atoms with Crippen molar-refractivity contribution in [3.63, 3.8) is 0 Å². The summed E-state index contributed by atoms with van der Waals surface area (Å²) >= 11 is 0. The molecule has 0 saturated heterocycles. The first kappa shape index (κ1) is 24.9. The maximum Gasteiger partial charge on any atom is 0.387 e. The lowest BCUT2D eigenvalue weighted by Gasteiger charge is -2.17. The number of aliphatic imine (C=N–C) groups is 1. The van der Waals surface area contributed by atoms with Gasteiger partial charge in [-0.3, -0.25) is 4.99 Å². The van der Waals surface area contributed by atoms with Gasteiger partial charge in [0.25, 0.3) is 0 Å². The van der Waals surface area contributed by atoms with E-state index in [1.165, 1.54) is 7.11 Å². The van der Waals surface area contributed by atoms with Crippen molar-refractivity contribution in [2.75, 3.05) is 33.4 Å². The van der Waals surface area contributed by atoms with Gasteiger partial charge < -0.3 is 25.2 Å². The molecule has 1 unspecified atom stereocenters. The molecule has 0 aliphatic heterocycles. The molecule has 0 saturated carbocycles. The molecule has 166 valence electrons. The zero-order valence-corrected chi connectivity index (χ0v) is 17.9. The van der Waals surface area contributed by atoms with E-state index in [4.69, 9.17) is 4.74 Å². The van der Waals surface area contributed by atoms with Crippen molar-refractivity contribution in [2.24, 2.45) is 16.8 Å². The molecule has 1 aromatic carbocycles. The second-order valence-corrected chi connectivity index (χ2v) is 7.27. The second-order valence-electron chi connectivity index (χ2n) is 7.27. The Morgan fingerprint density at radius 2 is 1.97 bits per heavy atom. The molecular formula is C21H35F2N3O3. The van der Waals surface area contributed by atoms with Crippen LogP contribution in [-0.4, -0.2) is 51.0 Å². The molecule has 0 aromatic heterocycles. The topological polar surface area (TPSA) is 75.1 Å². The van der Waals surface area contributed by atoms with Gasteiger partial charge in [-0.1, -0.05) is 19.9 Å². The van der Waals surface area contributed by atoms with Crippen LogP contribution in [-0.2, 0) is 6.42 Å². The molecule has 6 nitrogen and oxygen atoms in total. The van der Waals surface area contributed by atoms with Crippen LogP contribution in [0.3, 0.4) is 0 Å². The van der Waals surface area contributed by atoms with Gasteiger partial charge in [0.1, 0.15) is 0 Å². The van der Waals surface area contributed by atoms with Gasteiger partial charge in [-0.25, -0.2) is 0 Å². The smallest absolute Gasteiger partial charge is 0.387 e. The normalized spacial score (nSPS) is 12.9. The van der Waals surface area contributed by atoms with E-state index in [-0.39, 0.29) is 18.1 Å². The molecule has 0 aliphatic carbocycles. The number of hydrogen-bond acceptors (Lipinski definition) is 4. The molecule has 1 atom stereocenters. The molecule has 0 heterocycles. The fourth-order valence-electron chi connectivity index (χ4n) is 3.08. The van der Waals surface area contributed by atoms with Crippen LogP contribution in [0.2, 0.25) is 0 Å². The highest BCUT2D eigenvalue weighted by molar-refractivity contribution is 5.79. The lowest BCUT2D eigenvalue weighted by Crippen LogP contribution is -2.38. The summed E-state index contributed by atoms with van der Waals surface area (Å²) < 4.78 is 34.7. The van der Waals surface area contributed by atoms with E-state index in [1.807, 2.05) is 13.0 Å². The van der Waals surface area contributed by atoms with Gasteiger partial charge in [-0.05, 0) is 55.7 Å². The number of benzene rings is 1. The largest absolute Gasteiger partial charge is 0.493 e. The lowest BCUT2D eigenvalue weighted by molar-refractivity contribution is -0.0512. The molecule has 0 aliphatic rings. The average molecular weight is 416 g/mol. The Labute approximate surface area is 172 Å². The Kier molecular flexibility index (Phi) is 12.0. The predicted octanol–water partition coefficient (Wildman–Crippen LogP) is 3.44. The molecule has 1 rings (SSSR count). The molecule has 3 N–H and O–H groups in total. The standard InChI is InChI=1S/C21H35F2N3O3/c1-5-24-21(26-14-17(9-11-27)12-15(2)3)25-10-8-16-6-7-18(28-4)19(13-16)29-20(22)23/h6-7,13,15,17,20,27H,5,8-12,14H2,1-4H3,(H2,24,25,26). The molecule has 0 radical (unpaired) electrons. The highest BCUT2D eigenvalue weighted by atomic mass is 19.3. The highest BCUT2D eigenvalue weighted by Crippen LogP contribution is 2.29. The first-order chi connectivity index (χ1) is 13.9. The maximum atomic E-state index is 12.6. The number of ether oxygens (including phenoxy) is 2. The van der Waals surface area contributed by atoms with Crippen LogP contribution in [0.25, 0.3) is 0 Å². The Morgan fingerprint density at radius 3 is 2.55 bits per heavy atom. The summed E-state index contributed by atoms with van der Waals surface area (Å²) in [5.74, 6) is 1.90. The third-order valence-corrected chi connectivity index (χ3v) is 4.34. The van der Waals surface area contributed by atoms with E-state index in [1.54, 1.807) is 12.1 Å². The van der Waals surface area contributed by atoms with Crippen LogP contribution >= 0.6 is 0 Å². The minimum Gasteiger partial charge on any atom is -0.493 e. The molecule has 29 heavy (non-hydrogen) atoms. The number of alkyl halides is 2.